The third-order valence-corrected chi connectivity index (χ3v) is 0.189. The lowest BCUT2D eigenvalue weighted by Gasteiger charge is -1.49. The molecule has 0 unspecified atom stereocenters. The zero-order chi connectivity index (χ0) is 3.41. The Bertz CT molecular complexity index is 23.6. The number of carbonyl (C=O) groups excluding carboxylic acids is 1. The van der Waals surface area contributed by atoms with Gasteiger partial charge in [0.2, 0.25) is 0 Å². The number of hydrogen-bond donors (Lipinski definition) is 1. The fourth-order valence-corrected chi connectivity index (χ4v) is 0. The van der Waals surface area contributed by atoms with E-state index in [1.165, 1.54) is 0 Å². The molecule has 3 N–H and O–H groups in total. The van der Waals surface area contributed by atoms with Gasteiger partial charge in [-0.2, -0.15) is 0 Å². The summed E-state index contributed by atoms with van der Waals surface area (Å²) in [5.74, 6) is 0.111. The first-order valence-electron chi connectivity index (χ1n) is 0.911. The smallest absolute Gasteiger partial charge is 0.134 e. The van der Waals surface area contributed by atoms with Crippen molar-refractivity contribution >= 4 is 17.9 Å². The van der Waals surface area contributed by atoms with Crippen LogP contribution in [0.4, 0.5) is 0 Å². The Labute approximate surface area is 35.7 Å². The minimum absolute atomic E-state index is 0. The van der Waals surface area contributed by atoms with E-state index in [4.69, 9.17) is 16.4 Å². The van der Waals surface area contributed by atoms with E-state index in [1.54, 1.807) is 0 Å². The second kappa shape index (κ2) is 9.07. The van der Waals surface area contributed by atoms with Gasteiger partial charge < -0.3 is 10.9 Å². The number of carbonyl (C=O) groups is 1. The molecule has 0 aromatic heterocycles. The average Bonchev–Trinajstić information content (AvgIpc) is 1.37. The van der Waals surface area contributed by atoms with Crippen LogP contribution in [0.3, 0.4) is 0 Å². The molecule has 0 aliphatic rings. The van der Waals surface area contributed by atoms with Crippen molar-refractivity contribution in [3.8, 4) is 0 Å². The maximum absolute atomic E-state index is 9.04. The van der Waals surface area contributed by atoms with Crippen LogP contribution in [-0.4, -0.2) is 12.2 Å². The molecule has 0 aromatic rings. The van der Waals surface area contributed by atoms with Crippen LogP contribution in [0.15, 0.2) is 0 Å². The van der Waals surface area contributed by atoms with Gasteiger partial charge in [0.1, 0.15) is 6.29 Å². The van der Waals surface area contributed by atoms with Crippen LogP contribution in [0.25, 0.3) is 0 Å². The van der Waals surface area contributed by atoms with Crippen LogP contribution < -0.4 is 6.15 Å². The largest absolute Gasteiger partial charge is 0.344 e. The molecule has 3 heteroatoms. The molecule has 0 heterocycles. The van der Waals surface area contributed by atoms with Crippen LogP contribution in [0.1, 0.15) is 0 Å². The Kier molecular flexibility index (Phi) is 16.1. The molecule has 0 radical (unpaired) electrons. The lowest BCUT2D eigenvalue weighted by atomic mass is 10.9. The lowest BCUT2D eigenvalue weighted by Crippen LogP contribution is -1.63. The van der Waals surface area contributed by atoms with Gasteiger partial charge in [0, 0.05) is 0 Å². The topological polar surface area (TPSA) is 52.1 Å². The van der Waals surface area contributed by atoms with E-state index < -0.39 is 0 Å². The van der Waals surface area contributed by atoms with E-state index in [2.05, 4.69) is 0 Å². The number of hydrogen-bond acceptors (Lipinski definition) is 2. The molecule has 0 saturated heterocycles. The molecule has 0 fully saturated rings. The summed E-state index contributed by atoms with van der Waals surface area (Å²) in [6.07, 6.45) is 0.640. The summed E-state index contributed by atoms with van der Waals surface area (Å²) in [7, 11) is 0. The van der Waals surface area contributed by atoms with Crippen molar-refractivity contribution in [2.45, 2.75) is 0 Å². The quantitative estimate of drug-likeness (QED) is 0.383. The van der Waals surface area contributed by atoms with Crippen LogP contribution in [0.2, 0.25) is 0 Å². The van der Waals surface area contributed by atoms with E-state index in [0.29, 0.717) is 6.29 Å². The van der Waals surface area contributed by atoms with Crippen molar-refractivity contribution < 1.29 is 4.79 Å². The first kappa shape index (κ1) is 8.87. The van der Waals surface area contributed by atoms with Crippen molar-refractivity contribution in [1.29, 1.82) is 0 Å². The zero-order valence-corrected chi connectivity index (χ0v) is 3.53. The normalized spacial score (nSPS) is 5.00. The summed E-state index contributed by atoms with van der Waals surface area (Å²) in [6.45, 7) is 0. The van der Waals surface area contributed by atoms with Gasteiger partial charge in [-0.05, 0) is 0 Å². The molecule has 32 valence electrons. The first-order valence-corrected chi connectivity index (χ1v) is 1.45. The summed E-state index contributed by atoms with van der Waals surface area (Å²) < 4.78 is 0. The predicted molar refractivity (Wildman–Crippen MR) is 21.8 cm³/mol. The Morgan fingerprint density at radius 2 is 2.00 bits per heavy atom. The van der Waals surface area contributed by atoms with Gasteiger partial charge in [0.05, 0.1) is 5.88 Å². The second-order valence-corrected chi connectivity index (χ2v) is 0.630. The highest BCUT2D eigenvalue weighted by Gasteiger charge is 1.55. The maximum Gasteiger partial charge on any atom is 0.134 e. The molecule has 0 aromatic carbocycles. The van der Waals surface area contributed by atoms with Gasteiger partial charge in [-0.3, -0.25) is 0 Å². The van der Waals surface area contributed by atoms with E-state index in [1.807, 2.05) is 0 Å². The van der Waals surface area contributed by atoms with E-state index in [9.17, 15) is 0 Å². The number of alkyl halides is 1. The van der Waals surface area contributed by atoms with Gasteiger partial charge in [-0.15, -0.1) is 11.6 Å². The Morgan fingerprint density at radius 1 is 1.80 bits per heavy atom. The third-order valence-electron chi connectivity index (χ3n) is 0.0630. The van der Waals surface area contributed by atoms with Gasteiger partial charge in [-0.25, -0.2) is 0 Å². The molecule has 0 saturated carbocycles. The monoisotopic (exact) mass is 95.0 g/mol. The number of aldehydes is 1. The minimum Gasteiger partial charge on any atom is -0.344 e. The van der Waals surface area contributed by atoms with E-state index in [0.717, 1.165) is 0 Å². The summed E-state index contributed by atoms with van der Waals surface area (Å²) in [4.78, 5) is 9.04. The van der Waals surface area contributed by atoms with Gasteiger partial charge >= 0.3 is 0 Å². The molecular formula is C2H6ClNO. The van der Waals surface area contributed by atoms with Gasteiger partial charge in [-0.1, -0.05) is 0 Å². The molecular weight excluding hydrogens is 89.5 g/mol. The van der Waals surface area contributed by atoms with Crippen LogP contribution in [0.5, 0.6) is 0 Å². The SMILES string of the molecule is N.O=CCCl. The summed E-state index contributed by atoms with van der Waals surface area (Å²) in [5.41, 5.74) is 0. The molecule has 0 atom stereocenters. The molecule has 0 bridgehead atoms. The highest BCUT2D eigenvalue weighted by molar-refractivity contribution is 6.24. The molecule has 5 heavy (non-hydrogen) atoms. The Balaban J connectivity index is 0. The van der Waals surface area contributed by atoms with Crippen molar-refractivity contribution in [2.24, 2.45) is 0 Å². The van der Waals surface area contributed by atoms with Crippen molar-refractivity contribution in [3.63, 3.8) is 0 Å². The number of rotatable bonds is 1. The van der Waals surface area contributed by atoms with Gasteiger partial charge in [0.15, 0.2) is 0 Å². The molecule has 0 amide bonds. The fourth-order valence-electron chi connectivity index (χ4n) is 0. The summed E-state index contributed by atoms with van der Waals surface area (Å²) in [6, 6.07) is 0. The van der Waals surface area contributed by atoms with E-state index in [-0.39, 0.29) is 12.0 Å². The highest BCUT2D eigenvalue weighted by Crippen LogP contribution is 1.57. The Hall–Kier alpha value is -0.0800. The highest BCUT2D eigenvalue weighted by atomic mass is 35.5. The average molecular weight is 95.5 g/mol. The molecule has 0 rings (SSSR count). The molecule has 0 aliphatic heterocycles. The second-order valence-electron chi connectivity index (χ2n) is 0.321. The van der Waals surface area contributed by atoms with Crippen LogP contribution >= 0.6 is 11.6 Å². The standard InChI is InChI=1S/C2H3ClO.H3N/c3-1-2-4;/h2H,1H2;1H3. The Morgan fingerprint density at radius 3 is 2.00 bits per heavy atom. The van der Waals surface area contributed by atoms with Crippen molar-refractivity contribution in [1.82, 2.24) is 6.15 Å². The predicted octanol–water partition coefficient (Wildman–Crippen LogP) is 0.586. The van der Waals surface area contributed by atoms with E-state index >= 15 is 0 Å². The molecule has 0 spiro atoms. The van der Waals surface area contributed by atoms with Crippen molar-refractivity contribution in [2.75, 3.05) is 5.88 Å². The van der Waals surface area contributed by atoms with Gasteiger partial charge in [0.25, 0.3) is 0 Å². The maximum atomic E-state index is 9.04. The van der Waals surface area contributed by atoms with Crippen molar-refractivity contribution in [3.05, 3.63) is 0 Å². The molecule has 0 aliphatic carbocycles. The summed E-state index contributed by atoms with van der Waals surface area (Å²) >= 11 is 4.82. The third kappa shape index (κ3) is 17.1. The fraction of sp³-hybridized carbons (Fsp3) is 0.500. The lowest BCUT2D eigenvalue weighted by molar-refractivity contribution is -0.105. The zero-order valence-electron chi connectivity index (χ0n) is 2.78. The summed E-state index contributed by atoms with van der Waals surface area (Å²) in [5, 5.41) is 0. The van der Waals surface area contributed by atoms with Crippen LogP contribution in [-0.2, 0) is 4.79 Å². The van der Waals surface area contributed by atoms with Crippen LogP contribution in [0, 0.1) is 0 Å². The minimum atomic E-state index is 0. The molecule has 2 nitrogen and oxygen atoms in total. The first-order chi connectivity index (χ1) is 1.91. The number of halogens is 1.